The SMILES string of the molecule is COc1ccc(C(=O)Nc2nc3ccccc3n(C)c2=O)cc1. The van der Waals surface area contributed by atoms with Crippen molar-refractivity contribution >= 4 is 22.8 Å². The van der Waals surface area contributed by atoms with E-state index in [-0.39, 0.29) is 11.4 Å². The van der Waals surface area contributed by atoms with Crippen molar-refractivity contribution in [2.45, 2.75) is 0 Å². The third-order valence-electron chi connectivity index (χ3n) is 3.57. The van der Waals surface area contributed by atoms with Gasteiger partial charge in [-0.3, -0.25) is 9.59 Å². The lowest BCUT2D eigenvalue weighted by molar-refractivity contribution is 0.102. The van der Waals surface area contributed by atoms with E-state index >= 15 is 0 Å². The first-order chi connectivity index (χ1) is 11.1. The number of rotatable bonds is 3. The van der Waals surface area contributed by atoms with Crippen molar-refractivity contribution in [3.63, 3.8) is 0 Å². The summed E-state index contributed by atoms with van der Waals surface area (Å²) in [5.74, 6) is 0.265. The first kappa shape index (κ1) is 14.8. The average molecular weight is 309 g/mol. The van der Waals surface area contributed by atoms with Crippen molar-refractivity contribution in [1.82, 2.24) is 9.55 Å². The lowest BCUT2D eigenvalue weighted by atomic mass is 10.2. The van der Waals surface area contributed by atoms with Gasteiger partial charge in [-0.05, 0) is 36.4 Å². The van der Waals surface area contributed by atoms with Gasteiger partial charge in [-0.15, -0.1) is 0 Å². The van der Waals surface area contributed by atoms with E-state index in [0.717, 1.165) is 0 Å². The van der Waals surface area contributed by atoms with Crippen molar-refractivity contribution in [3.8, 4) is 5.75 Å². The fourth-order valence-corrected chi connectivity index (χ4v) is 2.28. The Balaban J connectivity index is 1.95. The van der Waals surface area contributed by atoms with E-state index in [1.54, 1.807) is 50.6 Å². The maximum Gasteiger partial charge on any atom is 0.293 e. The maximum atomic E-state index is 12.3. The largest absolute Gasteiger partial charge is 0.497 e. The molecule has 1 amide bonds. The molecular weight excluding hydrogens is 294 g/mol. The fraction of sp³-hybridized carbons (Fsp3) is 0.118. The number of hydrogen-bond acceptors (Lipinski definition) is 4. The average Bonchev–Trinajstić information content (AvgIpc) is 2.59. The highest BCUT2D eigenvalue weighted by Crippen LogP contribution is 2.14. The summed E-state index contributed by atoms with van der Waals surface area (Å²) in [6.45, 7) is 0. The van der Waals surface area contributed by atoms with Crippen molar-refractivity contribution in [2.24, 2.45) is 7.05 Å². The number of carbonyl (C=O) groups excluding carboxylic acids is 1. The summed E-state index contributed by atoms with van der Waals surface area (Å²) in [4.78, 5) is 28.8. The Morgan fingerprint density at radius 1 is 1.13 bits per heavy atom. The Morgan fingerprint density at radius 3 is 2.52 bits per heavy atom. The van der Waals surface area contributed by atoms with E-state index in [0.29, 0.717) is 22.3 Å². The Morgan fingerprint density at radius 2 is 1.83 bits per heavy atom. The van der Waals surface area contributed by atoms with E-state index in [4.69, 9.17) is 4.74 Å². The molecule has 0 unspecified atom stereocenters. The van der Waals surface area contributed by atoms with Crippen LogP contribution in [-0.2, 0) is 7.05 Å². The minimum absolute atomic E-state index is 0.00650. The van der Waals surface area contributed by atoms with Crippen LogP contribution in [0.3, 0.4) is 0 Å². The summed E-state index contributed by atoms with van der Waals surface area (Å²) in [7, 11) is 3.20. The lowest BCUT2D eigenvalue weighted by Gasteiger charge is -2.09. The molecule has 0 saturated carbocycles. The first-order valence-corrected chi connectivity index (χ1v) is 7.01. The van der Waals surface area contributed by atoms with Gasteiger partial charge in [0.1, 0.15) is 5.75 Å². The number of nitrogens with zero attached hydrogens (tertiary/aromatic N) is 2. The molecule has 1 N–H and O–H groups in total. The van der Waals surface area contributed by atoms with Crippen LogP contribution >= 0.6 is 0 Å². The van der Waals surface area contributed by atoms with Gasteiger partial charge in [0.25, 0.3) is 11.5 Å². The van der Waals surface area contributed by atoms with E-state index in [2.05, 4.69) is 10.3 Å². The normalized spacial score (nSPS) is 10.5. The summed E-state index contributed by atoms with van der Waals surface area (Å²) in [6, 6.07) is 13.9. The molecule has 0 bridgehead atoms. The van der Waals surface area contributed by atoms with Crippen LogP contribution in [0, 0.1) is 0 Å². The molecule has 23 heavy (non-hydrogen) atoms. The Kier molecular flexibility index (Phi) is 3.80. The van der Waals surface area contributed by atoms with E-state index < -0.39 is 5.91 Å². The molecule has 0 spiro atoms. The topological polar surface area (TPSA) is 73.2 Å². The zero-order valence-electron chi connectivity index (χ0n) is 12.7. The molecule has 6 nitrogen and oxygen atoms in total. The van der Waals surface area contributed by atoms with E-state index in [1.807, 2.05) is 12.1 Å². The molecule has 116 valence electrons. The second-order valence-corrected chi connectivity index (χ2v) is 5.00. The Labute approximate surface area is 132 Å². The summed E-state index contributed by atoms with van der Waals surface area (Å²) < 4.78 is 6.52. The molecule has 3 rings (SSSR count). The van der Waals surface area contributed by atoms with Gasteiger partial charge in [0.05, 0.1) is 18.1 Å². The van der Waals surface area contributed by atoms with Gasteiger partial charge in [-0.25, -0.2) is 4.98 Å². The number of carbonyl (C=O) groups is 1. The van der Waals surface area contributed by atoms with Crippen molar-refractivity contribution in [3.05, 3.63) is 64.4 Å². The number of methoxy groups -OCH3 is 1. The molecule has 3 aromatic rings. The monoisotopic (exact) mass is 309 g/mol. The van der Waals surface area contributed by atoms with Crippen LogP contribution in [0.15, 0.2) is 53.3 Å². The summed E-state index contributed by atoms with van der Waals surface area (Å²) in [6.07, 6.45) is 0. The van der Waals surface area contributed by atoms with Crippen LogP contribution < -0.4 is 15.6 Å². The maximum absolute atomic E-state index is 12.3. The van der Waals surface area contributed by atoms with Crippen molar-refractivity contribution in [1.29, 1.82) is 0 Å². The number of ether oxygens (including phenoxy) is 1. The predicted octanol–water partition coefficient (Wildman–Crippen LogP) is 2.19. The highest BCUT2D eigenvalue weighted by atomic mass is 16.5. The molecule has 1 heterocycles. The van der Waals surface area contributed by atoms with Gasteiger partial charge >= 0.3 is 0 Å². The Hall–Kier alpha value is -3.15. The molecule has 6 heteroatoms. The van der Waals surface area contributed by atoms with Gasteiger partial charge in [0.2, 0.25) is 0 Å². The molecule has 2 aromatic carbocycles. The standard InChI is InChI=1S/C17H15N3O3/c1-20-14-6-4-3-5-13(14)18-15(17(20)22)19-16(21)11-7-9-12(23-2)10-8-11/h3-10H,1-2H3,(H,18,19,21). The van der Waals surface area contributed by atoms with Crippen LogP contribution in [0.4, 0.5) is 5.82 Å². The zero-order valence-corrected chi connectivity index (χ0v) is 12.7. The van der Waals surface area contributed by atoms with Crippen LogP contribution in [0.25, 0.3) is 11.0 Å². The van der Waals surface area contributed by atoms with Gasteiger partial charge in [0.15, 0.2) is 5.82 Å². The minimum Gasteiger partial charge on any atom is -0.497 e. The number of para-hydroxylation sites is 2. The summed E-state index contributed by atoms with van der Waals surface area (Å²) >= 11 is 0. The summed E-state index contributed by atoms with van der Waals surface area (Å²) in [5.41, 5.74) is 1.41. The molecule has 0 saturated heterocycles. The molecule has 0 radical (unpaired) electrons. The van der Waals surface area contributed by atoms with Gasteiger partial charge < -0.3 is 14.6 Å². The smallest absolute Gasteiger partial charge is 0.293 e. The van der Waals surface area contributed by atoms with Crippen LogP contribution in [-0.4, -0.2) is 22.6 Å². The zero-order chi connectivity index (χ0) is 16.4. The van der Waals surface area contributed by atoms with Crippen LogP contribution in [0.1, 0.15) is 10.4 Å². The fourth-order valence-electron chi connectivity index (χ4n) is 2.28. The van der Waals surface area contributed by atoms with E-state index in [9.17, 15) is 9.59 Å². The number of aromatic nitrogens is 2. The van der Waals surface area contributed by atoms with Gasteiger partial charge in [-0.2, -0.15) is 0 Å². The number of aryl methyl sites for hydroxylation is 1. The number of hydrogen-bond donors (Lipinski definition) is 1. The molecule has 0 aliphatic carbocycles. The molecule has 0 aliphatic rings. The highest BCUT2D eigenvalue weighted by molar-refractivity contribution is 6.04. The summed E-state index contributed by atoms with van der Waals surface area (Å²) in [5, 5.41) is 2.57. The quantitative estimate of drug-likeness (QED) is 0.805. The van der Waals surface area contributed by atoms with Crippen molar-refractivity contribution < 1.29 is 9.53 Å². The lowest BCUT2D eigenvalue weighted by Crippen LogP contribution is -2.26. The minimum atomic E-state index is -0.396. The number of fused-ring (bicyclic) bond motifs is 1. The third-order valence-corrected chi connectivity index (χ3v) is 3.57. The number of anilines is 1. The van der Waals surface area contributed by atoms with Crippen LogP contribution in [0.2, 0.25) is 0 Å². The first-order valence-electron chi connectivity index (χ1n) is 7.01. The second kappa shape index (κ2) is 5.92. The molecule has 1 aromatic heterocycles. The van der Waals surface area contributed by atoms with Gasteiger partial charge in [-0.1, -0.05) is 12.1 Å². The molecule has 0 aliphatic heterocycles. The van der Waals surface area contributed by atoms with Gasteiger partial charge in [0, 0.05) is 12.6 Å². The molecule has 0 fully saturated rings. The molecular formula is C17H15N3O3. The number of benzene rings is 2. The Bertz CT molecular complexity index is 930. The number of amides is 1. The second-order valence-electron chi connectivity index (χ2n) is 5.00. The van der Waals surface area contributed by atoms with Crippen LogP contribution in [0.5, 0.6) is 5.75 Å². The molecule has 0 atom stereocenters. The van der Waals surface area contributed by atoms with E-state index in [1.165, 1.54) is 4.57 Å². The highest BCUT2D eigenvalue weighted by Gasteiger charge is 2.12. The number of nitrogens with one attached hydrogen (secondary N) is 1. The third kappa shape index (κ3) is 2.78. The predicted molar refractivity (Wildman–Crippen MR) is 87.9 cm³/mol. The van der Waals surface area contributed by atoms with Crippen molar-refractivity contribution in [2.75, 3.05) is 12.4 Å².